The molecular weight excluding hydrogens is 454 g/mol. The molecule has 2 N–H and O–H groups in total. The number of hydrogen-bond donors (Lipinski definition) is 2. The maximum Gasteiger partial charge on any atom is 0.191 e. The summed E-state index contributed by atoms with van der Waals surface area (Å²) >= 11 is 6.19. The predicted molar refractivity (Wildman–Crippen MR) is 110 cm³/mol. The summed E-state index contributed by atoms with van der Waals surface area (Å²) in [5, 5.41) is 15.7. The van der Waals surface area contributed by atoms with Crippen molar-refractivity contribution in [3.05, 3.63) is 70.0 Å². The molecule has 2 aromatic carbocycles. The van der Waals surface area contributed by atoms with Gasteiger partial charge < -0.3 is 10.6 Å². The van der Waals surface area contributed by atoms with Crippen molar-refractivity contribution in [2.45, 2.75) is 19.5 Å². The second kappa shape index (κ2) is 10.2. The highest BCUT2D eigenvalue weighted by Crippen LogP contribution is 2.21. The molecule has 2 aromatic rings. The maximum absolute atomic E-state index is 13.9. The Morgan fingerprint density at radius 2 is 2.04 bits per heavy atom. The van der Waals surface area contributed by atoms with Gasteiger partial charge in [0, 0.05) is 24.2 Å². The molecule has 1 unspecified atom stereocenters. The quantitative estimate of drug-likeness (QED) is 0.394. The summed E-state index contributed by atoms with van der Waals surface area (Å²) < 4.78 is 13.9. The van der Waals surface area contributed by atoms with E-state index in [0.717, 1.165) is 5.56 Å². The lowest BCUT2D eigenvalue weighted by molar-refractivity contribution is 0.602. The zero-order valence-electron chi connectivity index (χ0n) is 13.9. The molecule has 0 spiro atoms. The van der Waals surface area contributed by atoms with Crippen LogP contribution in [0, 0.1) is 17.1 Å². The van der Waals surface area contributed by atoms with E-state index in [1.807, 2.05) is 37.3 Å². The van der Waals surface area contributed by atoms with Crippen molar-refractivity contribution in [3.63, 3.8) is 0 Å². The molecule has 0 fully saturated rings. The molecule has 0 amide bonds. The minimum Gasteiger partial charge on any atom is -0.352 e. The van der Waals surface area contributed by atoms with Gasteiger partial charge in [-0.15, -0.1) is 24.0 Å². The number of guanidine groups is 1. The van der Waals surface area contributed by atoms with Gasteiger partial charge >= 0.3 is 0 Å². The highest BCUT2D eigenvalue weighted by Gasteiger charge is 2.11. The molecule has 1 atom stereocenters. The van der Waals surface area contributed by atoms with E-state index < -0.39 is 5.82 Å². The van der Waals surface area contributed by atoms with Crippen molar-refractivity contribution >= 4 is 41.5 Å². The third-order valence-corrected chi connectivity index (χ3v) is 3.92. The van der Waals surface area contributed by atoms with E-state index >= 15 is 0 Å². The first-order valence-electron chi connectivity index (χ1n) is 7.45. The van der Waals surface area contributed by atoms with Crippen molar-refractivity contribution in [3.8, 4) is 6.07 Å². The van der Waals surface area contributed by atoms with Gasteiger partial charge in [-0.2, -0.15) is 5.26 Å². The number of nitrogens with zero attached hydrogens (tertiary/aromatic N) is 2. The second-order valence-electron chi connectivity index (χ2n) is 5.23. The highest BCUT2D eigenvalue weighted by atomic mass is 127. The third-order valence-electron chi connectivity index (χ3n) is 3.58. The Balaban J connectivity index is 0.00000312. The maximum atomic E-state index is 13.9. The molecule has 0 heterocycles. The van der Waals surface area contributed by atoms with Crippen LogP contribution in [0.3, 0.4) is 0 Å². The van der Waals surface area contributed by atoms with E-state index in [1.54, 1.807) is 19.2 Å². The van der Waals surface area contributed by atoms with Crippen molar-refractivity contribution in [2.75, 3.05) is 7.05 Å². The Morgan fingerprint density at radius 3 is 2.64 bits per heavy atom. The van der Waals surface area contributed by atoms with Gasteiger partial charge in [-0.1, -0.05) is 35.9 Å². The molecule has 7 heteroatoms. The van der Waals surface area contributed by atoms with Crippen LogP contribution in [0.25, 0.3) is 0 Å². The average molecular weight is 473 g/mol. The lowest BCUT2D eigenvalue weighted by Crippen LogP contribution is -2.38. The fourth-order valence-electron chi connectivity index (χ4n) is 2.24. The topological polar surface area (TPSA) is 60.2 Å². The van der Waals surface area contributed by atoms with Crippen molar-refractivity contribution in [2.24, 2.45) is 4.99 Å². The lowest BCUT2D eigenvalue weighted by Gasteiger charge is -2.19. The number of benzene rings is 2. The summed E-state index contributed by atoms with van der Waals surface area (Å²) in [7, 11) is 1.64. The molecule has 0 saturated heterocycles. The Morgan fingerprint density at radius 1 is 1.32 bits per heavy atom. The van der Waals surface area contributed by atoms with E-state index in [4.69, 9.17) is 16.9 Å². The summed E-state index contributed by atoms with van der Waals surface area (Å²) in [6.45, 7) is 2.23. The summed E-state index contributed by atoms with van der Waals surface area (Å²) in [5.74, 6) is 0.113. The molecule has 0 bridgehead atoms. The minimum absolute atomic E-state index is 0. The predicted octanol–water partition coefficient (Wildman–Crippen LogP) is 4.39. The number of nitriles is 1. The highest BCUT2D eigenvalue weighted by molar-refractivity contribution is 14.0. The second-order valence-corrected chi connectivity index (χ2v) is 5.64. The van der Waals surface area contributed by atoms with E-state index in [-0.39, 0.29) is 36.6 Å². The first-order chi connectivity index (χ1) is 11.5. The molecule has 0 aliphatic carbocycles. The van der Waals surface area contributed by atoms with Crippen molar-refractivity contribution < 1.29 is 4.39 Å². The van der Waals surface area contributed by atoms with Gasteiger partial charge in [0.15, 0.2) is 5.96 Å². The van der Waals surface area contributed by atoms with Crippen LogP contribution in [0.2, 0.25) is 5.02 Å². The van der Waals surface area contributed by atoms with Crippen LogP contribution in [0.1, 0.15) is 29.7 Å². The van der Waals surface area contributed by atoms with Gasteiger partial charge in [-0.3, -0.25) is 4.99 Å². The zero-order valence-corrected chi connectivity index (χ0v) is 17.0. The monoisotopic (exact) mass is 472 g/mol. The van der Waals surface area contributed by atoms with Crippen LogP contribution in [-0.2, 0) is 6.54 Å². The Bertz CT molecular complexity index is 789. The van der Waals surface area contributed by atoms with Crippen molar-refractivity contribution in [1.82, 2.24) is 10.6 Å². The zero-order chi connectivity index (χ0) is 17.5. The van der Waals surface area contributed by atoms with Gasteiger partial charge in [0.1, 0.15) is 5.82 Å². The van der Waals surface area contributed by atoms with Crippen LogP contribution < -0.4 is 10.6 Å². The molecular formula is C18H19ClFIN4. The normalized spacial score (nSPS) is 11.9. The molecule has 0 radical (unpaired) electrons. The fourth-order valence-corrected chi connectivity index (χ4v) is 2.54. The van der Waals surface area contributed by atoms with Crippen LogP contribution in [0.4, 0.5) is 4.39 Å². The molecule has 132 valence electrons. The van der Waals surface area contributed by atoms with E-state index in [1.165, 1.54) is 6.07 Å². The van der Waals surface area contributed by atoms with Crippen molar-refractivity contribution in [1.29, 1.82) is 5.26 Å². The molecule has 0 saturated carbocycles. The molecule has 0 aliphatic rings. The number of aliphatic imine (C=N–C) groups is 1. The standard InChI is InChI=1S/C18H18ClFN4.HI/c1-12(15-5-3-4-6-16(15)19)24-18(22-2)23-11-14-8-7-13(10-21)9-17(14)20;/h3-9,12H,11H2,1-2H3,(H2,22,23,24);1H. The first kappa shape index (κ1) is 21.2. The van der Waals surface area contributed by atoms with Gasteiger partial charge in [-0.05, 0) is 30.7 Å². The van der Waals surface area contributed by atoms with E-state index in [2.05, 4.69) is 15.6 Å². The summed E-state index contributed by atoms with van der Waals surface area (Å²) in [4.78, 5) is 4.14. The Kier molecular flexibility index (Phi) is 8.66. The van der Waals surface area contributed by atoms with Gasteiger partial charge in [0.25, 0.3) is 0 Å². The molecule has 25 heavy (non-hydrogen) atoms. The van der Waals surface area contributed by atoms with Crippen LogP contribution >= 0.6 is 35.6 Å². The average Bonchev–Trinajstić information content (AvgIpc) is 2.59. The van der Waals surface area contributed by atoms with E-state index in [9.17, 15) is 4.39 Å². The number of nitrogens with one attached hydrogen (secondary N) is 2. The summed E-state index contributed by atoms with van der Waals surface area (Å²) in [5.41, 5.74) is 1.71. The Hall–Kier alpha value is -1.85. The fraction of sp³-hybridized carbons (Fsp3) is 0.222. The smallest absolute Gasteiger partial charge is 0.191 e. The van der Waals surface area contributed by atoms with Crippen LogP contribution in [0.15, 0.2) is 47.5 Å². The first-order valence-corrected chi connectivity index (χ1v) is 7.83. The molecule has 0 aromatic heterocycles. The number of rotatable bonds is 4. The lowest BCUT2D eigenvalue weighted by atomic mass is 10.1. The Labute approximate surface area is 169 Å². The third kappa shape index (κ3) is 5.87. The molecule has 2 rings (SSSR count). The summed E-state index contributed by atoms with van der Waals surface area (Å²) in [6, 6.07) is 13.8. The number of hydrogen-bond acceptors (Lipinski definition) is 2. The SMILES string of the molecule is CN=C(NCc1ccc(C#N)cc1F)NC(C)c1ccccc1Cl.I. The summed E-state index contributed by atoms with van der Waals surface area (Å²) in [6.07, 6.45) is 0. The molecule has 0 aliphatic heterocycles. The van der Waals surface area contributed by atoms with E-state index in [0.29, 0.717) is 22.1 Å². The van der Waals surface area contributed by atoms with Crippen LogP contribution in [0.5, 0.6) is 0 Å². The molecule has 4 nitrogen and oxygen atoms in total. The van der Waals surface area contributed by atoms with Crippen LogP contribution in [-0.4, -0.2) is 13.0 Å². The van der Waals surface area contributed by atoms with Gasteiger partial charge in [0.05, 0.1) is 17.7 Å². The van der Waals surface area contributed by atoms with Gasteiger partial charge in [-0.25, -0.2) is 4.39 Å². The number of halogens is 3. The van der Waals surface area contributed by atoms with Gasteiger partial charge in [0.2, 0.25) is 0 Å². The largest absolute Gasteiger partial charge is 0.352 e. The minimum atomic E-state index is -0.420.